The molecule has 0 radical (unpaired) electrons. The topological polar surface area (TPSA) is 92.1 Å². The number of benzene rings is 2. The molecule has 5 aromatic rings. The van der Waals surface area contributed by atoms with E-state index in [0.717, 1.165) is 0 Å². The average molecular weight is 602 g/mol. The van der Waals surface area contributed by atoms with Crippen LogP contribution in [0.4, 0.5) is 13.6 Å². The molecule has 1 aliphatic rings. The Kier molecular flexibility index (Phi) is 6.82. The van der Waals surface area contributed by atoms with Crippen LogP contribution in [-0.4, -0.2) is 51.8 Å². The highest BCUT2D eigenvalue weighted by Gasteiger charge is 2.37. The first-order valence-electron chi connectivity index (χ1n) is 14.3. The second kappa shape index (κ2) is 10.3. The number of hydrogen-bond donors (Lipinski definition) is 0. The molecule has 0 bridgehead atoms. The molecule has 4 heterocycles. The van der Waals surface area contributed by atoms with Crippen LogP contribution < -0.4 is 5.69 Å². The Morgan fingerprint density at radius 2 is 1.86 bits per heavy atom. The van der Waals surface area contributed by atoms with Gasteiger partial charge in [-0.2, -0.15) is 10.2 Å². The van der Waals surface area contributed by atoms with E-state index in [2.05, 4.69) is 11.7 Å². The number of aromatic nitrogens is 6. The van der Waals surface area contributed by atoms with E-state index >= 15 is 4.39 Å². The zero-order valence-electron chi connectivity index (χ0n) is 25.4. The summed E-state index contributed by atoms with van der Waals surface area (Å²) in [5.74, 6) is -0.634. The first-order valence-corrected chi connectivity index (χ1v) is 14.3. The predicted octanol–water partition coefficient (Wildman–Crippen LogP) is 5.78. The third kappa shape index (κ3) is 4.61. The van der Waals surface area contributed by atoms with Crippen LogP contribution in [0.5, 0.6) is 0 Å². The minimum atomic E-state index is -0.704. The fraction of sp³-hybridized carbons (Fsp3) is 0.312. The van der Waals surface area contributed by atoms with Crippen LogP contribution in [0.15, 0.2) is 54.2 Å². The lowest BCUT2D eigenvalue weighted by Gasteiger charge is -2.34. The Balaban J connectivity index is 1.57. The van der Waals surface area contributed by atoms with Gasteiger partial charge < -0.3 is 9.64 Å². The number of nitrogens with zero attached hydrogens (tertiary/aromatic N) is 7. The number of fused-ring (bicyclic) bond motifs is 2. The van der Waals surface area contributed by atoms with Gasteiger partial charge in [0.1, 0.15) is 17.2 Å². The highest BCUT2D eigenvalue weighted by molar-refractivity contribution is 5.81. The molecule has 0 aliphatic carbocycles. The molecule has 0 saturated carbocycles. The zero-order chi connectivity index (χ0) is 31.7. The fourth-order valence-electron chi connectivity index (χ4n) is 5.77. The zero-order valence-corrected chi connectivity index (χ0v) is 25.4. The first-order chi connectivity index (χ1) is 20.8. The largest absolute Gasteiger partial charge is 0.444 e. The van der Waals surface area contributed by atoms with Crippen molar-refractivity contribution < 1.29 is 18.3 Å². The van der Waals surface area contributed by atoms with Crippen LogP contribution in [0.3, 0.4) is 0 Å². The van der Waals surface area contributed by atoms with Crippen molar-refractivity contribution in [2.24, 2.45) is 7.05 Å². The highest BCUT2D eigenvalue weighted by Crippen LogP contribution is 2.36. The predicted molar refractivity (Wildman–Crippen MR) is 163 cm³/mol. The summed E-state index contributed by atoms with van der Waals surface area (Å²) >= 11 is 0. The first kappa shape index (κ1) is 29.1. The number of hydrogen-bond acceptors (Lipinski definition) is 5. The SMILES string of the molecule is C=Cc1cc(-n2nc3c(c2-n2ccn(-c4ccc5c(cnn5C)c4F)c2=O)[C@H](C)N(C(=O)OC(C)(C)C)CC3)cc(C)c1F. The van der Waals surface area contributed by atoms with Crippen molar-refractivity contribution in [1.82, 2.24) is 33.6 Å². The van der Waals surface area contributed by atoms with Crippen LogP contribution in [0.1, 0.15) is 56.1 Å². The molecule has 6 rings (SSSR count). The number of amides is 1. The monoisotopic (exact) mass is 601 g/mol. The Morgan fingerprint density at radius 1 is 1.14 bits per heavy atom. The summed E-state index contributed by atoms with van der Waals surface area (Å²) in [6.07, 6.45) is 5.77. The summed E-state index contributed by atoms with van der Waals surface area (Å²) in [4.78, 5) is 28.9. The minimum Gasteiger partial charge on any atom is -0.444 e. The average Bonchev–Trinajstić information content (AvgIpc) is 3.65. The molecule has 1 aliphatic heterocycles. The van der Waals surface area contributed by atoms with Crippen molar-refractivity contribution >= 4 is 23.1 Å². The third-order valence-electron chi connectivity index (χ3n) is 7.92. The molecule has 10 nitrogen and oxygen atoms in total. The number of carbonyl (C=O) groups excluding carboxylic acids is 1. The molecule has 0 fully saturated rings. The molecule has 1 amide bonds. The molecule has 12 heteroatoms. The van der Waals surface area contributed by atoms with E-state index in [9.17, 15) is 14.0 Å². The molecule has 228 valence electrons. The van der Waals surface area contributed by atoms with Crippen LogP contribution in [0.2, 0.25) is 0 Å². The van der Waals surface area contributed by atoms with Gasteiger partial charge in [0.25, 0.3) is 0 Å². The summed E-state index contributed by atoms with van der Waals surface area (Å²) in [6.45, 7) is 13.0. The molecular formula is C32H33F2N7O3. The smallest absolute Gasteiger partial charge is 0.410 e. The normalized spacial score (nSPS) is 15.1. The Bertz CT molecular complexity index is 2030. The van der Waals surface area contributed by atoms with E-state index in [1.807, 2.05) is 6.92 Å². The maximum atomic E-state index is 15.7. The Morgan fingerprint density at radius 3 is 2.57 bits per heavy atom. The molecule has 44 heavy (non-hydrogen) atoms. The minimum absolute atomic E-state index is 0.0594. The molecule has 3 aromatic heterocycles. The number of imidazole rings is 1. The van der Waals surface area contributed by atoms with Crippen LogP contribution in [-0.2, 0) is 18.2 Å². The van der Waals surface area contributed by atoms with Crippen LogP contribution in [0, 0.1) is 18.6 Å². The Hall–Kier alpha value is -5.00. The van der Waals surface area contributed by atoms with Gasteiger partial charge in [0.2, 0.25) is 0 Å². The van der Waals surface area contributed by atoms with Gasteiger partial charge in [0.15, 0.2) is 5.82 Å². The van der Waals surface area contributed by atoms with E-state index in [4.69, 9.17) is 9.84 Å². The second-order valence-electron chi connectivity index (χ2n) is 12.0. The van der Waals surface area contributed by atoms with Crippen molar-refractivity contribution in [3.05, 3.63) is 93.9 Å². The number of carbonyl (C=O) groups is 1. The van der Waals surface area contributed by atoms with Crippen LogP contribution in [0.25, 0.3) is 34.2 Å². The summed E-state index contributed by atoms with van der Waals surface area (Å²) in [7, 11) is 1.71. The van der Waals surface area contributed by atoms with Gasteiger partial charge in [-0.15, -0.1) is 0 Å². The molecular weight excluding hydrogens is 568 g/mol. The Labute approximate surface area is 252 Å². The van der Waals surface area contributed by atoms with Crippen molar-refractivity contribution in [3.8, 4) is 17.2 Å². The van der Waals surface area contributed by atoms with Crippen molar-refractivity contribution in [2.75, 3.05) is 6.54 Å². The standard InChI is InChI=1S/C32H33F2N7O3/c1-8-20-16-21(15-18(2)27(20)33)41-29(26-19(3)38(12-11-23(26)36-41)31(43)44-32(4,5)6)40-14-13-39(30(40)42)25-10-9-24-22(28(25)34)17-35-37(24)7/h8-10,13-17,19H,1,11-12H2,2-7H3/t19-/m0/s1. The van der Waals surface area contributed by atoms with Crippen molar-refractivity contribution in [2.45, 2.75) is 52.7 Å². The quantitative estimate of drug-likeness (QED) is 0.260. The number of halogens is 2. The summed E-state index contributed by atoms with van der Waals surface area (Å²) in [5, 5.41) is 9.29. The van der Waals surface area contributed by atoms with Gasteiger partial charge in [-0.25, -0.2) is 23.1 Å². The number of ether oxygens (including phenoxy) is 1. The van der Waals surface area contributed by atoms with Gasteiger partial charge in [0, 0.05) is 43.5 Å². The third-order valence-corrected chi connectivity index (χ3v) is 7.92. The van der Waals surface area contributed by atoms with Crippen LogP contribution >= 0.6 is 0 Å². The second-order valence-corrected chi connectivity index (χ2v) is 12.0. The van der Waals surface area contributed by atoms with Gasteiger partial charge in [-0.3, -0.25) is 13.8 Å². The van der Waals surface area contributed by atoms with Gasteiger partial charge in [-0.1, -0.05) is 12.7 Å². The van der Waals surface area contributed by atoms with E-state index in [1.54, 1.807) is 67.2 Å². The molecule has 0 N–H and O–H groups in total. The molecule has 0 saturated heterocycles. The highest BCUT2D eigenvalue weighted by atomic mass is 19.1. The summed E-state index contributed by atoms with van der Waals surface area (Å²) in [5.41, 5.74) is 1.85. The van der Waals surface area contributed by atoms with Crippen molar-refractivity contribution in [1.29, 1.82) is 0 Å². The molecule has 0 unspecified atom stereocenters. The fourth-order valence-corrected chi connectivity index (χ4v) is 5.77. The lowest BCUT2D eigenvalue weighted by atomic mass is 9.99. The summed E-state index contributed by atoms with van der Waals surface area (Å²) in [6, 6.07) is 5.95. The van der Waals surface area contributed by atoms with E-state index in [-0.39, 0.29) is 16.6 Å². The van der Waals surface area contributed by atoms with Gasteiger partial charge >= 0.3 is 11.8 Å². The molecule has 1 atom stereocenters. The van der Waals surface area contributed by atoms with E-state index in [0.29, 0.717) is 46.8 Å². The maximum absolute atomic E-state index is 15.7. The number of aryl methyl sites for hydroxylation is 2. The molecule has 2 aromatic carbocycles. The van der Waals surface area contributed by atoms with Gasteiger partial charge in [-0.05, 0) is 64.4 Å². The van der Waals surface area contributed by atoms with Gasteiger partial charge in [0.05, 0.1) is 40.2 Å². The lowest BCUT2D eigenvalue weighted by Crippen LogP contribution is -2.42. The maximum Gasteiger partial charge on any atom is 0.410 e. The van der Waals surface area contributed by atoms with Crippen molar-refractivity contribution in [3.63, 3.8) is 0 Å². The lowest BCUT2D eigenvalue weighted by molar-refractivity contribution is 0.0159. The molecule has 0 spiro atoms. The number of rotatable bonds is 4. The van der Waals surface area contributed by atoms with E-state index < -0.39 is 35.1 Å². The summed E-state index contributed by atoms with van der Waals surface area (Å²) < 4.78 is 41.9. The van der Waals surface area contributed by atoms with E-state index in [1.165, 1.54) is 39.9 Å².